The van der Waals surface area contributed by atoms with Crippen molar-refractivity contribution in [1.29, 1.82) is 0 Å². The van der Waals surface area contributed by atoms with Crippen LogP contribution in [0, 0.1) is 5.92 Å². The van der Waals surface area contributed by atoms with E-state index in [4.69, 9.17) is 16.3 Å². The van der Waals surface area contributed by atoms with Gasteiger partial charge in [0.25, 0.3) is 5.91 Å². The van der Waals surface area contributed by atoms with Gasteiger partial charge in [0.05, 0.1) is 17.6 Å². The number of alkyl halides is 3. The number of rotatable bonds is 3. The maximum Gasteiger partial charge on any atom is 0.433 e. The minimum Gasteiger partial charge on any atom is -0.497 e. The summed E-state index contributed by atoms with van der Waals surface area (Å²) in [5.41, 5.74) is -0.243. The van der Waals surface area contributed by atoms with Crippen molar-refractivity contribution in [2.24, 2.45) is 5.92 Å². The van der Waals surface area contributed by atoms with Crippen molar-refractivity contribution in [2.75, 3.05) is 20.2 Å². The number of amides is 1. The summed E-state index contributed by atoms with van der Waals surface area (Å²) in [5, 5.41) is 3.91. The normalized spacial score (nSPS) is 15.5. The van der Waals surface area contributed by atoms with E-state index in [9.17, 15) is 18.0 Å². The third-order valence-electron chi connectivity index (χ3n) is 5.66. The Morgan fingerprint density at radius 3 is 2.35 bits per heavy atom. The molecule has 0 bridgehead atoms. The summed E-state index contributed by atoms with van der Waals surface area (Å²) in [6.07, 6.45) is -3.00. The van der Waals surface area contributed by atoms with Crippen LogP contribution in [0.5, 0.6) is 5.75 Å². The number of nitrogens with zero attached hydrogens (tertiary/aromatic N) is 3. The third-order valence-corrected chi connectivity index (χ3v) is 6.03. The van der Waals surface area contributed by atoms with Crippen molar-refractivity contribution in [3.05, 3.63) is 52.8 Å². The average molecular weight is 452 g/mol. The van der Waals surface area contributed by atoms with Crippen molar-refractivity contribution in [3.63, 3.8) is 0 Å². The standard InChI is InChI=1S/C22H21ClF3N3O2/c1-13-7-9-28(10-8-13)21(30)20-19(23)17-11-15(14-3-5-16(31-2)6-4-14)12-18(22(24,25)26)29(17)27-20/h3-6,11-13H,7-10H2,1-2H3. The van der Waals surface area contributed by atoms with Gasteiger partial charge in [0.15, 0.2) is 5.69 Å². The van der Waals surface area contributed by atoms with E-state index in [1.54, 1.807) is 29.2 Å². The van der Waals surface area contributed by atoms with Gasteiger partial charge in [-0.2, -0.15) is 18.3 Å². The molecular formula is C22H21ClF3N3O2. The number of fused-ring (bicyclic) bond motifs is 1. The highest BCUT2D eigenvalue weighted by atomic mass is 35.5. The Bertz CT molecular complexity index is 1120. The van der Waals surface area contributed by atoms with Gasteiger partial charge in [-0.25, -0.2) is 4.52 Å². The molecular weight excluding hydrogens is 431 g/mol. The third kappa shape index (κ3) is 4.08. The molecule has 0 atom stereocenters. The number of hydrogen-bond acceptors (Lipinski definition) is 3. The zero-order valence-electron chi connectivity index (χ0n) is 17.0. The summed E-state index contributed by atoms with van der Waals surface area (Å²) >= 11 is 6.41. The molecule has 0 N–H and O–H groups in total. The Kier molecular flexibility index (Phi) is 5.60. The van der Waals surface area contributed by atoms with Gasteiger partial charge in [-0.1, -0.05) is 30.7 Å². The van der Waals surface area contributed by atoms with Crippen molar-refractivity contribution in [2.45, 2.75) is 25.9 Å². The average Bonchev–Trinajstić information content (AvgIpc) is 3.09. The van der Waals surface area contributed by atoms with Crippen LogP contribution in [0.1, 0.15) is 35.9 Å². The van der Waals surface area contributed by atoms with E-state index in [0.29, 0.717) is 35.9 Å². The number of carbonyl (C=O) groups is 1. The van der Waals surface area contributed by atoms with Crippen LogP contribution in [0.2, 0.25) is 5.02 Å². The van der Waals surface area contributed by atoms with E-state index < -0.39 is 17.8 Å². The summed E-state index contributed by atoms with van der Waals surface area (Å²) < 4.78 is 47.4. The van der Waals surface area contributed by atoms with E-state index in [1.807, 2.05) is 0 Å². The monoisotopic (exact) mass is 451 g/mol. The van der Waals surface area contributed by atoms with Crippen LogP contribution in [-0.2, 0) is 6.18 Å². The van der Waals surface area contributed by atoms with E-state index in [-0.39, 0.29) is 16.2 Å². The first-order valence-electron chi connectivity index (χ1n) is 9.92. The maximum absolute atomic E-state index is 13.9. The quantitative estimate of drug-likeness (QED) is 0.524. The number of aromatic nitrogens is 2. The highest BCUT2D eigenvalue weighted by Gasteiger charge is 2.36. The second-order valence-electron chi connectivity index (χ2n) is 7.79. The van der Waals surface area contributed by atoms with Crippen LogP contribution in [-0.4, -0.2) is 40.6 Å². The van der Waals surface area contributed by atoms with Gasteiger partial charge >= 0.3 is 6.18 Å². The molecule has 1 aliphatic heterocycles. The molecule has 5 nitrogen and oxygen atoms in total. The molecule has 1 saturated heterocycles. The second-order valence-corrected chi connectivity index (χ2v) is 8.17. The number of halogens is 4. The lowest BCUT2D eigenvalue weighted by molar-refractivity contribution is -0.142. The molecule has 4 rings (SSSR count). The maximum atomic E-state index is 13.9. The Labute approximate surface area is 182 Å². The molecule has 1 aromatic carbocycles. The Hall–Kier alpha value is -2.74. The predicted octanol–water partition coefficient (Wildman–Crippen LogP) is 5.55. The van der Waals surface area contributed by atoms with Crippen LogP contribution < -0.4 is 4.74 Å². The Morgan fingerprint density at radius 2 is 1.77 bits per heavy atom. The molecule has 1 amide bonds. The lowest BCUT2D eigenvalue weighted by Crippen LogP contribution is -2.38. The molecule has 0 spiro atoms. The van der Waals surface area contributed by atoms with Gasteiger partial charge in [-0.15, -0.1) is 0 Å². The fourth-order valence-corrected chi connectivity index (χ4v) is 4.02. The zero-order valence-corrected chi connectivity index (χ0v) is 17.8. The minimum absolute atomic E-state index is 0.0380. The molecule has 9 heteroatoms. The predicted molar refractivity (Wildman–Crippen MR) is 111 cm³/mol. The molecule has 0 saturated carbocycles. The van der Waals surface area contributed by atoms with Gasteiger partial charge in [0, 0.05) is 13.1 Å². The van der Waals surface area contributed by atoms with Gasteiger partial charge in [0.1, 0.15) is 11.4 Å². The summed E-state index contributed by atoms with van der Waals surface area (Å²) in [6.45, 7) is 3.18. The van der Waals surface area contributed by atoms with Crippen LogP contribution in [0.4, 0.5) is 13.2 Å². The fourth-order valence-electron chi connectivity index (χ4n) is 3.77. The van der Waals surface area contributed by atoms with E-state index >= 15 is 0 Å². The van der Waals surface area contributed by atoms with E-state index in [0.717, 1.165) is 23.4 Å². The molecule has 2 aromatic heterocycles. The largest absolute Gasteiger partial charge is 0.497 e. The lowest BCUT2D eigenvalue weighted by Gasteiger charge is -2.29. The topological polar surface area (TPSA) is 46.8 Å². The number of benzene rings is 1. The first-order chi connectivity index (χ1) is 14.7. The van der Waals surface area contributed by atoms with Gasteiger partial charge in [-0.05, 0) is 54.2 Å². The smallest absolute Gasteiger partial charge is 0.433 e. The van der Waals surface area contributed by atoms with Crippen molar-refractivity contribution in [3.8, 4) is 16.9 Å². The summed E-state index contributed by atoms with van der Waals surface area (Å²) in [4.78, 5) is 14.6. The summed E-state index contributed by atoms with van der Waals surface area (Å²) in [5.74, 6) is 0.649. The van der Waals surface area contributed by atoms with Crippen molar-refractivity contribution < 1.29 is 22.7 Å². The van der Waals surface area contributed by atoms with Gasteiger partial charge < -0.3 is 9.64 Å². The Balaban J connectivity index is 1.83. The highest BCUT2D eigenvalue weighted by Crippen LogP contribution is 2.37. The molecule has 0 radical (unpaired) electrons. The van der Waals surface area contributed by atoms with Crippen molar-refractivity contribution >= 4 is 23.0 Å². The van der Waals surface area contributed by atoms with Crippen LogP contribution in [0.25, 0.3) is 16.6 Å². The number of likely N-dealkylation sites (tertiary alicyclic amines) is 1. The first kappa shape index (κ1) is 21.5. The second kappa shape index (κ2) is 8.07. The minimum atomic E-state index is -4.68. The molecule has 0 aliphatic carbocycles. The molecule has 1 aliphatic rings. The Morgan fingerprint density at radius 1 is 1.13 bits per heavy atom. The number of ether oxygens (including phenoxy) is 1. The molecule has 31 heavy (non-hydrogen) atoms. The number of hydrogen-bond donors (Lipinski definition) is 0. The molecule has 3 aromatic rings. The highest BCUT2D eigenvalue weighted by molar-refractivity contribution is 6.36. The number of pyridine rings is 1. The van der Waals surface area contributed by atoms with E-state index in [2.05, 4.69) is 12.0 Å². The molecule has 0 unspecified atom stereocenters. The summed E-state index contributed by atoms with van der Waals surface area (Å²) in [7, 11) is 1.51. The van der Waals surface area contributed by atoms with Crippen LogP contribution >= 0.6 is 11.6 Å². The van der Waals surface area contributed by atoms with Crippen LogP contribution in [0.3, 0.4) is 0 Å². The fraction of sp³-hybridized carbons (Fsp3) is 0.364. The zero-order chi connectivity index (χ0) is 22.3. The number of carbonyl (C=O) groups excluding carboxylic acids is 1. The van der Waals surface area contributed by atoms with E-state index in [1.165, 1.54) is 13.2 Å². The molecule has 3 heterocycles. The van der Waals surface area contributed by atoms with Gasteiger partial charge in [-0.3, -0.25) is 4.79 Å². The molecule has 1 fully saturated rings. The SMILES string of the molecule is COc1ccc(-c2cc(C(F)(F)F)n3nc(C(=O)N4CCC(C)CC4)c(Cl)c3c2)cc1. The summed E-state index contributed by atoms with van der Waals surface area (Å²) in [6, 6.07) is 9.18. The molecule has 164 valence electrons. The first-order valence-corrected chi connectivity index (χ1v) is 10.3. The lowest BCUT2D eigenvalue weighted by atomic mass is 9.99. The van der Waals surface area contributed by atoms with Crippen molar-refractivity contribution in [1.82, 2.24) is 14.5 Å². The van der Waals surface area contributed by atoms with Crippen LogP contribution in [0.15, 0.2) is 36.4 Å². The number of piperidine rings is 1. The number of methoxy groups -OCH3 is 1. The van der Waals surface area contributed by atoms with Gasteiger partial charge in [0.2, 0.25) is 0 Å².